The van der Waals surface area contributed by atoms with Crippen molar-refractivity contribution in [3.05, 3.63) is 58.7 Å². The first-order valence-electron chi connectivity index (χ1n) is 8.17. The number of nitrogens with one attached hydrogen (secondary N) is 1. The lowest BCUT2D eigenvalue weighted by Gasteiger charge is -2.10. The number of amides is 1. The Morgan fingerprint density at radius 1 is 1.27 bits per heavy atom. The van der Waals surface area contributed by atoms with Crippen molar-refractivity contribution in [1.82, 2.24) is 9.99 Å². The average molecular weight is 373 g/mol. The van der Waals surface area contributed by atoms with Gasteiger partial charge in [-0.15, -0.1) is 0 Å². The SMILES string of the molecule is CN(C)/N=C(\CCC=O)C(=O)Nc1ccc(Cc2cccc(Cl)c2)cn1. The van der Waals surface area contributed by atoms with E-state index >= 15 is 0 Å². The molecule has 0 aliphatic rings. The van der Waals surface area contributed by atoms with Crippen molar-refractivity contribution < 1.29 is 9.59 Å². The number of pyridine rings is 1. The number of hydrogen-bond donors (Lipinski definition) is 1. The molecule has 1 aromatic heterocycles. The minimum atomic E-state index is -0.365. The highest BCUT2D eigenvalue weighted by Gasteiger charge is 2.13. The second kappa shape index (κ2) is 9.68. The van der Waals surface area contributed by atoms with E-state index < -0.39 is 0 Å². The van der Waals surface area contributed by atoms with Gasteiger partial charge in [0, 0.05) is 38.2 Å². The quantitative estimate of drug-likeness (QED) is 0.439. The Labute approximate surface area is 157 Å². The molecule has 0 saturated heterocycles. The molecule has 136 valence electrons. The molecule has 0 atom stereocenters. The Morgan fingerprint density at radius 3 is 2.69 bits per heavy atom. The van der Waals surface area contributed by atoms with Crippen LogP contribution >= 0.6 is 11.6 Å². The third-order valence-electron chi connectivity index (χ3n) is 3.45. The molecular formula is C19H21ClN4O2. The Hall–Kier alpha value is -2.73. The van der Waals surface area contributed by atoms with Crippen LogP contribution in [0.3, 0.4) is 0 Å². The van der Waals surface area contributed by atoms with Crippen LogP contribution in [0.1, 0.15) is 24.0 Å². The number of aromatic nitrogens is 1. The van der Waals surface area contributed by atoms with Crippen LogP contribution in [0.5, 0.6) is 0 Å². The molecule has 0 aliphatic carbocycles. The van der Waals surface area contributed by atoms with E-state index in [2.05, 4.69) is 15.4 Å². The molecule has 0 fully saturated rings. The van der Waals surface area contributed by atoms with Crippen LogP contribution in [0, 0.1) is 0 Å². The first-order valence-corrected chi connectivity index (χ1v) is 8.55. The number of benzene rings is 1. The largest absolute Gasteiger partial charge is 0.305 e. The molecule has 0 unspecified atom stereocenters. The molecule has 0 spiro atoms. The summed E-state index contributed by atoms with van der Waals surface area (Å²) in [5, 5.41) is 9.07. The van der Waals surface area contributed by atoms with E-state index in [1.54, 1.807) is 26.4 Å². The molecule has 1 amide bonds. The maximum Gasteiger partial charge on any atom is 0.273 e. The lowest BCUT2D eigenvalue weighted by Crippen LogP contribution is -2.26. The van der Waals surface area contributed by atoms with Gasteiger partial charge in [0.25, 0.3) is 5.91 Å². The summed E-state index contributed by atoms with van der Waals surface area (Å²) in [5.74, 6) is 0.0676. The fourth-order valence-corrected chi connectivity index (χ4v) is 2.53. The van der Waals surface area contributed by atoms with E-state index in [0.29, 0.717) is 17.3 Å². The second-order valence-corrected chi connectivity index (χ2v) is 6.35. The molecule has 1 N–H and O–H groups in total. The molecule has 0 bridgehead atoms. The van der Waals surface area contributed by atoms with E-state index in [-0.39, 0.29) is 24.5 Å². The van der Waals surface area contributed by atoms with Gasteiger partial charge in [0.15, 0.2) is 0 Å². The van der Waals surface area contributed by atoms with Gasteiger partial charge in [0.2, 0.25) is 0 Å². The van der Waals surface area contributed by atoms with Crippen LogP contribution in [0.2, 0.25) is 5.02 Å². The number of carbonyl (C=O) groups excluding carboxylic acids is 2. The minimum Gasteiger partial charge on any atom is -0.305 e. The van der Waals surface area contributed by atoms with E-state index in [0.717, 1.165) is 17.4 Å². The molecule has 2 aromatic rings. The lowest BCUT2D eigenvalue weighted by atomic mass is 10.1. The number of aldehydes is 1. The number of hydrazone groups is 1. The first kappa shape index (κ1) is 19.6. The van der Waals surface area contributed by atoms with Gasteiger partial charge in [-0.2, -0.15) is 5.10 Å². The van der Waals surface area contributed by atoms with Gasteiger partial charge in [-0.25, -0.2) is 4.98 Å². The monoisotopic (exact) mass is 372 g/mol. The van der Waals surface area contributed by atoms with Crippen LogP contribution < -0.4 is 5.32 Å². The summed E-state index contributed by atoms with van der Waals surface area (Å²) in [7, 11) is 3.44. The minimum absolute atomic E-state index is 0.242. The topological polar surface area (TPSA) is 74.7 Å². The maximum absolute atomic E-state index is 12.3. The summed E-state index contributed by atoms with van der Waals surface area (Å²) in [4.78, 5) is 27.2. The molecular weight excluding hydrogens is 352 g/mol. The van der Waals surface area contributed by atoms with Crippen LogP contribution in [0.4, 0.5) is 5.82 Å². The Bertz CT molecular complexity index is 788. The Kier molecular flexibility index (Phi) is 7.29. The van der Waals surface area contributed by atoms with Crippen LogP contribution in [0.15, 0.2) is 47.7 Å². The van der Waals surface area contributed by atoms with Crippen LogP contribution in [-0.4, -0.2) is 42.0 Å². The smallest absolute Gasteiger partial charge is 0.273 e. The number of hydrogen-bond acceptors (Lipinski definition) is 5. The normalized spacial score (nSPS) is 11.1. The van der Waals surface area contributed by atoms with Crippen molar-refractivity contribution >= 4 is 35.3 Å². The van der Waals surface area contributed by atoms with Gasteiger partial charge in [-0.3, -0.25) is 4.79 Å². The van der Waals surface area contributed by atoms with Crippen molar-refractivity contribution in [3.63, 3.8) is 0 Å². The molecule has 7 heteroatoms. The van der Waals surface area contributed by atoms with Crippen molar-refractivity contribution in [2.24, 2.45) is 5.10 Å². The van der Waals surface area contributed by atoms with Crippen molar-refractivity contribution in [1.29, 1.82) is 0 Å². The standard InChI is InChI=1S/C19H21ClN4O2/c1-24(2)23-17(7-4-10-25)19(26)22-18-9-8-15(13-21-18)11-14-5-3-6-16(20)12-14/h3,5-6,8-10,12-13H,4,7,11H2,1-2H3,(H,21,22,26)/b23-17+. The second-order valence-electron chi connectivity index (χ2n) is 5.91. The number of carbonyl (C=O) groups is 2. The molecule has 1 aromatic carbocycles. The third-order valence-corrected chi connectivity index (χ3v) is 3.68. The summed E-state index contributed by atoms with van der Waals surface area (Å²) in [6.07, 6.45) is 3.70. The predicted molar refractivity (Wildman–Crippen MR) is 104 cm³/mol. The molecule has 0 radical (unpaired) electrons. The van der Waals surface area contributed by atoms with E-state index in [4.69, 9.17) is 11.6 Å². The van der Waals surface area contributed by atoms with Crippen molar-refractivity contribution in [3.8, 4) is 0 Å². The van der Waals surface area contributed by atoms with E-state index in [1.807, 2.05) is 30.3 Å². The average Bonchev–Trinajstić information content (AvgIpc) is 2.60. The molecule has 26 heavy (non-hydrogen) atoms. The van der Waals surface area contributed by atoms with E-state index in [9.17, 15) is 9.59 Å². The molecule has 1 heterocycles. The maximum atomic E-state index is 12.3. The summed E-state index contributed by atoms with van der Waals surface area (Å²) in [6, 6.07) is 11.3. The number of rotatable bonds is 8. The van der Waals surface area contributed by atoms with Crippen LogP contribution in [-0.2, 0) is 16.0 Å². The third kappa shape index (κ3) is 6.29. The zero-order valence-corrected chi connectivity index (χ0v) is 15.5. The van der Waals surface area contributed by atoms with Gasteiger partial charge in [0.1, 0.15) is 17.8 Å². The highest BCUT2D eigenvalue weighted by molar-refractivity contribution is 6.43. The lowest BCUT2D eigenvalue weighted by molar-refractivity contribution is -0.110. The van der Waals surface area contributed by atoms with E-state index in [1.165, 1.54) is 5.01 Å². The molecule has 0 saturated carbocycles. The molecule has 2 rings (SSSR count). The zero-order valence-electron chi connectivity index (χ0n) is 14.8. The Morgan fingerprint density at radius 2 is 2.08 bits per heavy atom. The highest BCUT2D eigenvalue weighted by Crippen LogP contribution is 2.15. The predicted octanol–water partition coefficient (Wildman–Crippen LogP) is 3.16. The summed E-state index contributed by atoms with van der Waals surface area (Å²) >= 11 is 6.00. The van der Waals surface area contributed by atoms with Gasteiger partial charge < -0.3 is 15.1 Å². The van der Waals surface area contributed by atoms with Gasteiger partial charge in [-0.05, 0) is 35.7 Å². The fourth-order valence-electron chi connectivity index (χ4n) is 2.32. The number of halogens is 1. The zero-order chi connectivity index (χ0) is 18.9. The van der Waals surface area contributed by atoms with Gasteiger partial charge in [-0.1, -0.05) is 29.8 Å². The molecule has 0 aliphatic heterocycles. The summed E-state index contributed by atoms with van der Waals surface area (Å²) in [5.41, 5.74) is 2.38. The van der Waals surface area contributed by atoms with Gasteiger partial charge in [0.05, 0.1) is 0 Å². The highest BCUT2D eigenvalue weighted by atomic mass is 35.5. The Balaban J connectivity index is 2.03. The molecule has 6 nitrogen and oxygen atoms in total. The summed E-state index contributed by atoms with van der Waals surface area (Å²) in [6.45, 7) is 0. The number of nitrogens with zero attached hydrogens (tertiary/aromatic N) is 3. The summed E-state index contributed by atoms with van der Waals surface area (Å²) < 4.78 is 0. The van der Waals surface area contributed by atoms with Crippen LogP contribution in [0.25, 0.3) is 0 Å². The van der Waals surface area contributed by atoms with Crippen molar-refractivity contribution in [2.45, 2.75) is 19.3 Å². The van der Waals surface area contributed by atoms with Gasteiger partial charge >= 0.3 is 0 Å². The number of anilines is 1. The first-order chi connectivity index (χ1) is 12.5. The fraction of sp³-hybridized carbons (Fsp3) is 0.263. The van der Waals surface area contributed by atoms with Crippen molar-refractivity contribution in [2.75, 3.05) is 19.4 Å².